The van der Waals surface area contributed by atoms with Crippen molar-refractivity contribution in [2.24, 2.45) is 0 Å². The van der Waals surface area contributed by atoms with Gasteiger partial charge in [0.1, 0.15) is 6.33 Å². The number of hydrogen-bond acceptors (Lipinski definition) is 4. The zero-order valence-electron chi connectivity index (χ0n) is 10.1. The van der Waals surface area contributed by atoms with Gasteiger partial charge in [-0.2, -0.15) is 0 Å². The van der Waals surface area contributed by atoms with Gasteiger partial charge in [-0.05, 0) is 6.07 Å². The Hall–Kier alpha value is -1.27. The van der Waals surface area contributed by atoms with Crippen LogP contribution in [0.3, 0.4) is 0 Å². The third-order valence-electron chi connectivity index (χ3n) is 2.37. The van der Waals surface area contributed by atoms with Crippen LogP contribution in [0, 0.1) is 0 Å². The van der Waals surface area contributed by atoms with E-state index in [1.165, 1.54) is 0 Å². The molecular weight excluding hydrogens is 252 g/mol. The van der Waals surface area contributed by atoms with Crippen LogP contribution in [0.1, 0.15) is 0 Å². The Morgan fingerprint density at radius 2 is 1.56 bits per heavy atom. The second-order valence-corrected chi connectivity index (χ2v) is 3.58. The molecule has 2 heterocycles. The predicted molar refractivity (Wildman–Crippen MR) is 76.1 cm³/mol. The highest BCUT2D eigenvalue weighted by molar-refractivity contribution is 5.85. The molecule has 0 atom stereocenters. The van der Waals surface area contributed by atoms with Gasteiger partial charge in [-0.15, -0.1) is 12.4 Å². The van der Waals surface area contributed by atoms with Gasteiger partial charge in [-0.3, -0.25) is 0 Å². The smallest absolute Gasteiger partial charge is 0.116 e. The molecule has 0 saturated carbocycles. The Morgan fingerprint density at radius 3 is 2.11 bits per heavy atom. The fraction of sp³-hybridized carbons (Fsp3) is 0.333. The number of rotatable bonds is 0. The number of halogens is 1. The lowest BCUT2D eigenvalue weighted by Gasteiger charge is -2.11. The molecule has 0 aliphatic carbocycles. The van der Waals surface area contributed by atoms with Crippen LogP contribution in [0.5, 0.6) is 0 Å². The number of aromatic nitrogens is 2. The van der Waals surface area contributed by atoms with Crippen LogP contribution < -0.4 is 10.6 Å². The molecule has 4 N–H and O–H groups in total. The molecule has 18 heavy (non-hydrogen) atoms. The third-order valence-corrected chi connectivity index (χ3v) is 2.37. The molecule has 2 aromatic rings. The van der Waals surface area contributed by atoms with Crippen LogP contribution in [0.15, 0.2) is 36.8 Å². The molecule has 0 radical (unpaired) electrons. The first-order chi connectivity index (χ1) is 7.97. The number of piperazine rings is 1. The highest BCUT2D eigenvalue weighted by Gasteiger charge is 1.91. The molecule has 0 spiro atoms. The number of benzene rings is 1. The molecule has 1 saturated heterocycles. The van der Waals surface area contributed by atoms with Gasteiger partial charge >= 0.3 is 0 Å². The molecule has 0 unspecified atom stereocenters. The van der Waals surface area contributed by atoms with Crippen LogP contribution in [0.4, 0.5) is 0 Å². The Balaban J connectivity index is 0.000000319. The normalized spacial score (nSPS) is 13.6. The van der Waals surface area contributed by atoms with E-state index in [2.05, 4.69) is 20.6 Å². The highest BCUT2D eigenvalue weighted by atomic mass is 35.5. The van der Waals surface area contributed by atoms with Crippen LogP contribution in [-0.2, 0) is 0 Å². The first-order valence-corrected chi connectivity index (χ1v) is 5.53. The topological polar surface area (TPSA) is 81.3 Å². The van der Waals surface area contributed by atoms with E-state index in [0.717, 1.165) is 37.1 Å². The standard InChI is InChI=1S/C8H6N2.C4H10N2.ClH.H2O/c1-2-4-8-7(3-1)5-9-6-10-8;1-2-6-4-3-5-1;;/h1-6H;5-6H,1-4H2;1H;1H2. The van der Waals surface area contributed by atoms with Gasteiger partial charge in [-0.1, -0.05) is 18.2 Å². The van der Waals surface area contributed by atoms with Crippen molar-refractivity contribution in [1.82, 2.24) is 20.6 Å². The maximum Gasteiger partial charge on any atom is 0.116 e. The van der Waals surface area contributed by atoms with Crippen molar-refractivity contribution in [2.45, 2.75) is 0 Å². The monoisotopic (exact) mass is 270 g/mol. The van der Waals surface area contributed by atoms with Crippen molar-refractivity contribution in [3.05, 3.63) is 36.8 Å². The van der Waals surface area contributed by atoms with E-state index in [1.54, 1.807) is 6.33 Å². The summed E-state index contributed by atoms with van der Waals surface area (Å²) in [7, 11) is 0. The average molecular weight is 271 g/mol. The quantitative estimate of drug-likeness (QED) is 0.726. The molecule has 6 heteroatoms. The molecular formula is C12H19ClN4O. The summed E-state index contributed by atoms with van der Waals surface area (Å²) in [5, 5.41) is 7.53. The molecule has 1 fully saturated rings. The zero-order chi connectivity index (χ0) is 11.1. The van der Waals surface area contributed by atoms with E-state index in [4.69, 9.17) is 0 Å². The Bertz CT molecular complexity index is 360. The summed E-state index contributed by atoms with van der Waals surface area (Å²) in [5.74, 6) is 0. The Morgan fingerprint density at radius 1 is 0.944 bits per heavy atom. The molecule has 5 nitrogen and oxygen atoms in total. The second kappa shape index (κ2) is 9.73. The van der Waals surface area contributed by atoms with Crippen molar-refractivity contribution in [3.63, 3.8) is 0 Å². The Kier molecular flexibility index (Phi) is 9.04. The third kappa shape index (κ3) is 5.37. The van der Waals surface area contributed by atoms with Gasteiger partial charge in [0.15, 0.2) is 0 Å². The van der Waals surface area contributed by atoms with Crippen LogP contribution in [0.25, 0.3) is 10.9 Å². The summed E-state index contributed by atoms with van der Waals surface area (Å²) < 4.78 is 0. The maximum atomic E-state index is 4.07. The number of hydrogen-bond donors (Lipinski definition) is 2. The molecule has 1 aliphatic heterocycles. The van der Waals surface area contributed by atoms with Crippen LogP contribution in [0.2, 0.25) is 0 Å². The molecule has 1 aromatic heterocycles. The minimum atomic E-state index is 0. The number of para-hydroxylation sites is 1. The Labute approximate surface area is 113 Å². The van der Waals surface area contributed by atoms with Crippen molar-refractivity contribution in [3.8, 4) is 0 Å². The first-order valence-electron chi connectivity index (χ1n) is 5.53. The molecule has 1 aromatic carbocycles. The van der Waals surface area contributed by atoms with E-state index in [-0.39, 0.29) is 17.9 Å². The van der Waals surface area contributed by atoms with E-state index in [0.29, 0.717) is 0 Å². The molecule has 3 rings (SSSR count). The summed E-state index contributed by atoms with van der Waals surface area (Å²) >= 11 is 0. The van der Waals surface area contributed by atoms with Gasteiger partial charge < -0.3 is 16.1 Å². The number of fused-ring (bicyclic) bond motifs is 1. The van der Waals surface area contributed by atoms with Crippen molar-refractivity contribution in [1.29, 1.82) is 0 Å². The summed E-state index contributed by atoms with van der Waals surface area (Å²) in [6, 6.07) is 7.91. The maximum absolute atomic E-state index is 4.07. The lowest BCUT2D eigenvalue weighted by molar-refractivity contribution is 0.534. The van der Waals surface area contributed by atoms with E-state index >= 15 is 0 Å². The van der Waals surface area contributed by atoms with Gasteiger partial charge in [0.2, 0.25) is 0 Å². The lowest BCUT2D eigenvalue weighted by Crippen LogP contribution is -2.39. The summed E-state index contributed by atoms with van der Waals surface area (Å²) in [5.41, 5.74) is 0.998. The zero-order valence-corrected chi connectivity index (χ0v) is 10.9. The SMILES string of the molecule is C1CNCCN1.Cl.O.c1ccc2ncncc2c1. The summed E-state index contributed by atoms with van der Waals surface area (Å²) in [6.45, 7) is 4.56. The van der Waals surface area contributed by atoms with Crippen LogP contribution >= 0.6 is 12.4 Å². The van der Waals surface area contributed by atoms with E-state index in [1.807, 2.05) is 30.5 Å². The number of nitrogens with zero attached hydrogens (tertiary/aromatic N) is 2. The van der Waals surface area contributed by atoms with Crippen molar-refractivity contribution >= 4 is 23.3 Å². The summed E-state index contributed by atoms with van der Waals surface area (Å²) in [6.07, 6.45) is 3.37. The molecule has 1 aliphatic rings. The van der Waals surface area contributed by atoms with Crippen LogP contribution in [-0.4, -0.2) is 41.6 Å². The fourth-order valence-corrected chi connectivity index (χ4v) is 1.53. The molecule has 0 amide bonds. The largest absolute Gasteiger partial charge is 0.412 e. The predicted octanol–water partition coefficient (Wildman–Crippen LogP) is 0.406. The van der Waals surface area contributed by atoms with Crippen molar-refractivity contribution < 1.29 is 5.48 Å². The first kappa shape index (κ1) is 16.7. The van der Waals surface area contributed by atoms with Gasteiger partial charge in [0.05, 0.1) is 5.52 Å². The lowest BCUT2D eigenvalue weighted by atomic mass is 10.2. The van der Waals surface area contributed by atoms with Gasteiger partial charge in [0, 0.05) is 37.8 Å². The number of nitrogens with one attached hydrogen (secondary N) is 2. The van der Waals surface area contributed by atoms with Gasteiger partial charge in [0.25, 0.3) is 0 Å². The fourth-order valence-electron chi connectivity index (χ4n) is 1.53. The highest BCUT2D eigenvalue weighted by Crippen LogP contribution is 2.06. The molecule has 0 bridgehead atoms. The van der Waals surface area contributed by atoms with Gasteiger partial charge in [-0.25, -0.2) is 9.97 Å². The molecule has 100 valence electrons. The van der Waals surface area contributed by atoms with E-state index < -0.39 is 0 Å². The minimum absolute atomic E-state index is 0. The minimum Gasteiger partial charge on any atom is -0.412 e. The summed E-state index contributed by atoms with van der Waals surface area (Å²) in [4.78, 5) is 7.97. The van der Waals surface area contributed by atoms with E-state index in [9.17, 15) is 0 Å². The second-order valence-electron chi connectivity index (χ2n) is 3.58. The average Bonchev–Trinajstić information content (AvgIpc) is 2.42. The van der Waals surface area contributed by atoms with Crippen molar-refractivity contribution in [2.75, 3.05) is 26.2 Å².